The number of hydrogen-bond donors (Lipinski definition) is 0. The Morgan fingerprint density at radius 2 is 2.09 bits per heavy atom. The van der Waals surface area contributed by atoms with E-state index in [0.29, 0.717) is 0 Å². The van der Waals surface area contributed by atoms with Crippen molar-refractivity contribution in [2.24, 2.45) is 11.3 Å². The molecule has 0 heterocycles. The van der Waals surface area contributed by atoms with E-state index in [4.69, 9.17) is 0 Å². The van der Waals surface area contributed by atoms with Gasteiger partial charge in [-0.2, -0.15) is 0 Å². The monoisotopic (exact) mass is 154 g/mol. The molecule has 0 amide bonds. The van der Waals surface area contributed by atoms with Gasteiger partial charge in [-0.25, -0.2) is 0 Å². The Bertz CT molecular complexity index is 117. The van der Waals surface area contributed by atoms with E-state index in [1.165, 1.54) is 38.5 Å². The molecule has 1 fully saturated rings. The Balaban J connectivity index is 2.37. The van der Waals surface area contributed by atoms with Crippen molar-refractivity contribution < 1.29 is 0 Å². The fourth-order valence-corrected chi connectivity index (χ4v) is 2.63. The molecule has 0 bridgehead atoms. The molecule has 11 heavy (non-hydrogen) atoms. The van der Waals surface area contributed by atoms with E-state index < -0.39 is 0 Å². The van der Waals surface area contributed by atoms with Crippen molar-refractivity contribution in [2.75, 3.05) is 0 Å². The van der Waals surface area contributed by atoms with Crippen LogP contribution in [0, 0.1) is 11.3 Å². The predicted molar refractivity (Wildman–Crippen MR) is 50.6 cm³/mol. The van der Waals surface area contributed by atoms with Gasteiger partial charge in [0.05, 0.1) is 0 Å². The fourth-order valence-electron chi connectivity index (χ4n) is 2.63. The quantitative estimate of drug-likeness (QED) is 0.576. The number of rotatable bonds is 3. The minimum absolute atomic E-state index is 0.718. The molecule has 0 aliphatic heterocycles. The molecule has 2 unspecified atom stereocenters. The summed E-state index contributed by atoms with van der Waals surface area (Å²) in [5.41, 5.74) is 0.718. The van der Waals surface area contributed by atoms with E-state index in [1.54, 1.807) is 0 Å². The summed E-state index contributed by atoms with van der Waals surface area (Å²) >= 11 is 0. The summed E-state index contributed by atoms with van der Waals surface area (Å²) in [6.45, 7) is 7.12. The van der Waals surface area contributed by atoms with Gasteiger partial charge in [-0.05, 0) is 37.0 Å². The van der Waals surface area contributed by atoms with Crippen LogP contribution in [0.25, 0.3) is 0 Å². The minimum Gasteiger partial charge on any atom is -0.0654 e. The average molecular weight is 154 g/mol. The second-order valence-electron chi connectivity index (χ2n) is 4.58. The first-order valence-corrected chi connectivity index (χ1v) is 5.20. The van der Waals surface area contributed by atoms with Crippen LogP contribution < -0.4 is 0 Å². The van der Waals surface area contributed by atoms with Gasteiger partial charge < -0.3 is 0 Å². The molecule has 1 saturated carbocycles. The fraction of sp³-hybridized carbons (Fsp3) is 1.00. The van der Waals surface area contributed by atoms with Crippen LogP contribution in [0.15, 0.2) is 0 Å². The van der Waals surface area contributed by atoms with E-state index in [9.17, 15) is 0 Å². The molecule has 1 aliphatic carbocycles. The zero-order valence-corrected chi connectivity index (χ0v) is 8.32. The summed E-state index contributed by atoms with van der Waals surface area (Å²) in [5, 5.41) is 0. The summed E-state index contributed by atoms with van der Waals surface area (Å²) < 4.78 is 0. The molecule has 1 rings (SSSR count). The topological polar surface area (TPSA) is 0 Å². The van der Waals surface area contributed by atoms with Gasteiger partial charge >= 0.3 is 0 Å². The van der Waals surface area contributed by atoms with Crippen LogP contribution >= 0.6 is 0 Å². The standard InChI is InChI=1S/C11H22/c1-4-7-11(3)8-6-10(5-2)9-11/h10H,4-9H2,1-3H3. The summed E-state index contributed by atoms with van der Waals surface area (Å²) in [6.07, 6.45) is 8.69. The van der Waals surface area contributed by atoms with Crippen LogP contribution in [-0.4, -0.2) is 0 Å². The van der Waals surface area contributed by atoms with Crippen molar-refractivity contribution in [3.63, 3.8) is 0 Å². The van der Waals surface area contributed by atoms with Crippen LogP contribution in [0.3, 0.4) is 0 Å². The molecular formula is C11H22. The van der Waals surface area contributed by atoms with Gasteiger partial charge in [-0.1, -0.05) is 33.6 Å². The molecule has 0 nitrogen and oxygen atoms in total. The summed E-state index contributed by atoms with van der Waals surface area (Å²) in [7, 11) is 0. The molecule has 0 spiro atoms. The van der Waals surface area contributed by atoms with Gasteiger partial charge in [0.15, 0.2) is 0 Å². The molecule has 1 aliphatic rings. The van der Waals surface area contributed by atoms with Gasteiger partial charge in [-0.15, -0.1) is 0 Å². The zero-order chi connectivity index (χ0) is 8.32. The molecule has 0 saturated heterocycles. The molecule has 0 N–H and O–H groups in total. The number of hydrogen-bond acceptors (Lipinski definition) is 0. The van der Waals surface area contributed by atoms with Crippen molar-refractivity contribution in [3.8, 4) is 0 Å². The summed E-state index contributed by atoms with van der Waals surface area (Å²) in [6, 6.07) is 0. The maximum Gasteiger partial charge on any atom is -0.0323 e. The molecule has 2 atom stereocenters. The van der Waals surface area contributed by atoms with Crippen molar-refractivity contribution in [1.82, 2.24) is 0 Å². The third-order valence-corrected chi connectivity index (χ3v) is 3.37. The Labute approximate surface area is 71.4 Å². The summed E-state index contributed by atoms with van der Waals surface area (Å²) in [5.74, 6) is 1.05. The molecule has 0 aromatic heterocycles. The molecule has 66 valence electrons. The smallest absolute Gasteiger partial charge is 0.0323 e. The lowest BCUT2D eigenvalue weighted by Gasteiger charge is -2.23. The van der Waals surface area contributed by atoms with Crippen LogP contribution in [0.5, 0.6) is 0 Å². The normalized spacial score (nSPS) is 37.9. The highest BCUT2D eigenvalue weighted by Gasteiger charge is 2.32. The molecular weight excluding hydrogens is 132 g/mol. The third kappa shape index (κ3) is 2.21. The van der Waals surface area contributed by atoms with E-state index >= 15 is 0 Å². The zero-order valence-electron chi connectivity index (χ0n) is 8.32. The van der Waals surface area contributed by atoms with E-state index in [-0.39, 0.29) is 0 Å². The van der Waals surface area contributed by atoms with Crippen molar-refractivity contribution in [1.29, 1.82) is 0 Å². The lowest BCUT2D eigenvalue weighted by atomic mass is 9.83. The highest BCUT2D eigenvalue weighted by atomic mass is 14.4. The van der Waals surface area contributed by atoms with Gasteiger partial charge in [-0.3, -0.25) is 0 Å². The van der Waals surface area contributed by atoms with E-state index in [1.807, 2.05) is 0 Å². The van der Waals surface area contributed by atoms with Crippen LogP contribution in [0.1, 0.15) is 59.3 Å². The molecule has 0 radical (unpaired) electrons. The first-order valence-electron chi connectivity index (χ1n) is 5.20. The van der Waals surface area contributed by atoms with Crippen LogP contribution in [0.2, 0.25) is 0 Å². The Kier molecular flexibility index (Phi) is 2.98. The van der Waals surface area contributed by atoms with E-state index in [0.717, 1.165) is 11.3 Å². The Hall–Kier alpha value is 0. The highest BCUT2D eigenvalue weighted by Crippen LogP contribution is 2.45. The van der Waals surface area contributed by atoms with Crippen LogP contribution in [0.4, 0.5) is 0 Å². The van der Waals surface area contributed by atoms with Gasteiger partial charge in [0, 0.05) is 0 Å². The highest BCUT2D eigenvalue weighted by molar-refractivity contribution is 4.84. The van der Waals surface area contributed by atoms with Crippen LogP contribution in [-0.2, 0) is 0 Å². The lowest BCUT2D eigenvalue weighted by Crippen LogP contribution is -2.10. The molecule has 0 aromatic rings. The second kappa shape index (κ2) is 3.60. The van der Waals surface area contributed by atoms with E-state index in [2.05, 4.69) is 20.8 Å². The lowest BCUT2D eigenvalue weighted by molar-refractivity contribution is 0.289. The van der Waals surface area contributed by atoms with Crippen molar-refractivity contribution in [2.45, 2.75) is 59.3 Å². The second-order valence-corrected chi connectivity index (χ2v) is 4.58. The average Bonchev–Trinajstić information content (AvgIpc) is 2.33. The van der Waals surface area contributed by atoms with Gasteiger partial charge in [0.25, 0.3) is 0 Å². The molecule has 0 aromatic carbocycles. The first-order chi connectivity index (χ1) is 5.20. The molecule has 0 heteroatoms. The largest absolute Gasteiger partial charge is 0.0654 e. The Morgan fingerprint density at radius 1 is 1.36 bits per heavy atom. The van der Waals surface area contributed by atoms with Crippen molar-refractivity contribution in [3.05, 3.63) is 0 Å². The minimum atomic E-state index is 0.718. The maximum absolute atomic E-state index is 2.48. The van der Waals surface area contributed by atoms with Crippen molar-refractivity contribution >= 4 is 0 Å². The third-order valence-electron chi connectivity index (χ3n) is 3.37. The predicted octanol–water partition coefficient (Wildman–Crippen LogP) is 4.00. The first kappa shape index (κ1) is 9.09. The summed E-state index contributed by atoms with van der Waals surface area (Å²) in [4.78, 5) is 0. The maximum atomic E-state index is 2.48. The van der Waals surface area contributed by atoms with Gasteiger partial charge in [0.1, 0.15) is 0 Å². The SMILES string of the molecule is CCCC1(C)CCC(CC)C1. The van der Waals surface area contributed by atoms with Gasteiger partial charge in [0.2, 0.25) is 0 Å². The Morgan fingerprint density at radius 3 is 2.55 bits per heavy atom.